The van der Waals surface area contributed by atoms with Gasteiger partial charge >= 0.3 is 0 Å². The van der Waals surface area contributed by atoms with E-state index in [1.54, 1.807) is 0 Å². The minimum Gasteiger partial charge on any atom is -0.350 e. The lowest BCUT2D eigenvalue weighted by Crippen LogP contribution is -2.27. The van der Waals surface area contributed by atoms with Gasteiger partial charge in [0.25, 0.3) is 5.91 Å². The Hall–Kier alpha value is -2.43. The number of aromatic nitrogens is 2. The summed E-state index contributed by atoms with van der Waals surface area (Å²) in [6.45, 7) is 8.05. The number of nitrogens with zero attached hydrogens (tertiary/aromatic N) is 2. The van der Waals surface area contributed by atoms with Crippen LogP contribution in [-0.2, 0) is 0 Å². The Morgan fingerprint density at radius 3 is 2.38 bits per heavy atom. The Morgan fingerprint density at radius 2 is 1.81 bits per heavy atom. The molecule has 0 bridgehead atoms. The van der Waals surface area contributed by atoms with Crippen molar-refractivity contribution in [1.82, 2.24) is 9.97 Å². The van der Waals surface area contributed by atoms with Crippen LogP contribution in [0.2, 0.25) is 0 Å². The summed E-state index contributed by atoms with van der Waals surface area (Å²) in [6.07, 6.45) is 3.04. The maximum atomic E-state index is 12.1. The number of rotatable bonds is 3. The summed E-state index contributed by atoms with van der Waals surface area (Å²) in [5.41, 5.74) is 2.16. The molecule has 0 spiro atoms. The summed E-state index contributed by atoms with van der Waals surface area (Å²) in [7, 11) is 0. The van der Waals surface area contributed by atoms with Crippen molar-refractivity contribution in [3.63, 3.8) is 0 Å². The number of aryl methyl sites for hydroxylation is 1. The fourth-order valence-electron chi connectivity index (χ4n) is 1.77. The lowest BCUT2D eigenvalue weighted by molar-refractivity contribution is 0.102. The molecule has 1 amide bonds. The van der Waals surface area contributed by atoms with Gasteiger partial charge in [-0.1, -0.05) is 12.1 Å². The fourth-order valence-corrected chi connectivity index (χ4v) is 1.77. The molecule has 0 aliphatic carbocycles. The van der Waals surface area contributed by atoms with E-state index in [-0.39, 0.29) is 11.4 Å². The third kappa shape index (κ3) is 4.56. The largest absolute Gasteiger partial charge is 0.350 e. The van der Waals surface area contributed by atoms with E-state index < -0.39 is 0 Å². The molecule has 110 valence electrons. The number of hydrogen-bond acceptors (Lipinski definition) is 4. The van der Waals surface area contributed by atoms with Crippen LogP contribution >= 0.6 is 0 Å². The van der Waals surface area contributed by atoms with Gasteiger partial charge in [-0.15, -0.1) is 0 Å². The number of benzene rings is 1. The number of carbonyl (C=O) groups is 1. The van der Waals surface area contributed by atoms with Crippen molar-refractivity contribution in [2.45, 2.75) is 33.2 Å². The molecule has 1 aromatic heterocycles. The zero-order valence-corrected chi connectivity index (χ0v) is 12.8. The van der Waals surface area contributed by atoms with Gasteiger partial charge in [0.2, 0.25) is 5.95 Å². The van der Waals surface area contributed by atoms with Crippen LogP contribution in [0, 0.1) is 6.92 Å². The number of nitrogens with one attached hydrogen (secondary N) is 2. The van der Waals surface area contributed by atoms with Crippen LogP contribution in [0.1, 0.15) is 36.7 Å². The highest BCUT2D eigenvalue weighted by Crippen LogP contribution is 2.12. The summed E-state index contributed by atoms with van der Waals surface area (Å²) < 4.78 is 0. The third-order valence-corrected chi connectivity index (χ3v) is 2.68. The molecule has 0 aliphatic heterocycles. The van der Waals surface area contributed by atoms with E-state index in [9.17, 15) is 4.79 Å². The molecule has 0 saturated carbocycles. The van der Waals surface area contributed by atoms with Gasteiger partial charge in [-0.3, -0.25) is 4.79 Å². The summed E-state index contributed by atoms with van der Waals surface area (Å²) in [5.74, 6) is 0.289. The average molecular weight is 284 g/mol. The van der Waals surface area contributed by atoms with E-state index in [1.807, 2.05) is 52.0 Å². The second-order valence-electron chi connectivity index (χ2n) is 5.99. The predicted octanol–water partition coefficient (Wildman–Crippen LogP) is 3.25. The number of carbonyl (C=O) groups excluding carboxylic acids is 1. The van der Waals surface area contributed by atoms with Crippen LogP contribution in [0.3, 0.4) is 0 Å². The molecule has 0 fully saturated rings. The number of amides is 1. The van der Waals surface area contributed by atoms with E-state index in [4.69, 9.17) is 0 Å². The SMILES string of the molecule is Cc1cccc(NC(=O)c2cnc(NC(C)(C)C)nc2)c1. The quantitative estimate of drug-likeness (QED) is 0.908. The van der Waals surface area contributed by atoms with Gasteiger partial charge in [0.05, 0.1) is 5.56 Å². The number of anilines is 2. The zero-order valence-electron chi connectivity index (χ0n) is 12.8. The van der Waals surface area contributed by atoms with Crippen molar-refractivity contribution in [2.75, 3.05) is 10.6 Å². The number of hydrogen-bond donors (Lipinski definition) is 2. The van der Waals surface area contributed by atoms with E-state index in [0.717, 1.165) is 11.3 Å². The van der Waals surface area contributed by atoms with Gasteiger partial charge in [-0.25, -0.2) is 9.97 Å². The maximum Gasteiger partial charge on any atom is 0.258 e. The highest BCUT2D eigenvalue weighted by atomic mass is 16.1. The van der Waals surface area contributed by atoms with Crippen LogP contribution in [0.5, 0.6) is 0 Å². The van der Waals surface area contributed by atoms with Crippen molar-refractivity contribution in [3.8, 4) is 0 Å². The average Bonchev–Trinajstić information content (AvgIpc) is 2.37. The van der Waals surface area contributed by atoms with Crippen LogP contribution in [0.15, 0.2) is 36.7 Å². The van der Waals surface area contributed by atoms with Crippen molar-refractivity contribution in [1.29, 1.82) is 0 Å². The molecule has 2 rings (SSSR count). The molecule has 0 atom stereocenters. The van der Waals surface area contributed by atoms with Crippen molar-refractivity contribution < 1.29 is 4.79 Å². The Labute approximate surface area is 124 Å². The van der Waals surface area contributed by atoms with E-state index in [0.29, 0.717) is 11.5 Å². The Balaban J connectivity index is 2.06. The Morgan fingerprint density at radius 1 is 1.14 bits per heavy atom. The molecule has 0 saturated heterocycles. The first-order chi connectivity index (χ1) is 9.83. The van der Waals surface area contributed by atoms with Crippen LogP contribution in [0.25, 0.3) is 0 Å². The van der Waals surface area contributed by atoms with Crippen LogP contribution in [-0.4, -0.2) is 21.4 Å². The molecule has 21 heavy (non-hydrogen) atoms. The summed E-state index contributed by atoms with van der Waals surface area (Å²) in [4.78, 5) is 20.4. The summed E-state index contributed by atoms with van der Waals surface area (Å²) >= 11 is 0. The van der Waals surface area contributed by atoms with Gasteiger partial charge < -0.3 is 10.6 Å². The van der Waals surface area contributed by atoms with Crippen LogP contribution in [0.4, 0.5) is 11.6 Å². The molecule has 1 aromatic carbocycles. The highest BCUT2D eigenvalue weighted by molar-refractivity contribution is 6.03. The van der Waals surface area contributed by atoms with E-state index in [2.05, 4.69) is 20.6 Å². The van der Waals surface area contributed by atoms with Gasteiger partial charge in [0.15, 0.2) is 0 Å². The molecular formula is C16H20N4O. The molecule has 0 unspecified atom stereocenters. The van der Waals surface area contributed by atoms with E-state index in [1.165, 1.54) is 12.4 Å². The minimum atomic E-state index is -0.220. The zero-order chi connectivity index (χ0) is 15.5. The molecule has 0 radical (unpaired) electrons. The van der Waals surface area contributed by atoms with Gasteiger partial charge in [-0.05, 0) is 45.4 Å². The Bertz CT molecular complexity index is 629. The third-order valence-electron chi connectivity index (χ3n) is 2.68. The van der Waals surface area contributed by atoms with Crippen molar-refractivity contribution in [2.24, 2.45) is 0 Å². The topological polar surface area (TPSA) is 66.9 Å². The van der Waals surface area contributed by atoms with Crippen molar-refractivity contribution in [3.05, 3.63) is 47.8 Å². The molecular weight excluding hydrogens is 264 g/mol. The second kappa shape index (κ2) is 5.91. The van der Waals surface area contributed by atoms with Crippen molar-refractivity contribution >= 4 is 17.5 Å². The molecule has 5 heteroatoms. The highest BCUT2D eigenvalue weighted by Gasteiger charge is 2.12. The first-order valence-electron chi connectivity index (χ1n) is 6.82. The fraction of sp³-hybridized carbons (Fsp3) is 0.312. The smallest absolute Gasteiger partial charge is 0.258 e. The summed E-state index contributed by atoms with van der Waals surface area (Å²) in [6, 6.07) is 7.64. The first kappa shape index (κ1) is 15.0. The molecule has 2 N–H and O–H groups in total. The van der Waals surface area contributed by atoms with Gasteiger partial charge in [0, 0.05) is 23.6 Å². The first-order valence-corrected chi connectivity index (χ1v) is 6.82. The van der Waals surface area contributed by atoms with Gasteiger partial charge in [-0.2, -0.15) is 0 Å². The monoisotopic (exact) mass is 284 g/mol. The second-order valence-corrected chi connectivity index (χ2v) is 5.99. The normalized spacial score (nSPS) is 11.0. The standard InChI is InChI=1S/C16H20N4O/c1-11-6-5-7-13(8-11)19-14(21)12-9-17-15(18-10-12)20-16(2,3)4/h5-10H,1-4H3,(H,19,21)(H,17,18,20). The lowest BCUT2D eigenvalue weighted by Gasteiger charge is -2.20. The minimum absolute atomic E-state index is 0.120. The summed E-state index contributed by atoms with van der Waals surface area (Å²) in [5, 5.41) is 5.98. The van der Waals surface area contributed by atoms with Gasteiger partial charge in [0.1, 0.15) is 0 Å². The Kier molecular flexibility index (Phi) is 4.21. The molecule has 2 aromatic rings. The molecule has 0 aliphatic rings. The van der Waals surface area contributed by atoms with E-state index >= 15 is 0 Å². The molecule has 5 nitrogen and oxygen atoms in total. The molecule has 1 heterocycles. The predicted molar refractivity (Wildman–Crippen MR) is 84.5 cm³/mol. The lowest BCUT2D eigenvalue weighted by atomic mass is 10.1. The maximum absolute atomic E-state index is 12.1. The van der Waals surface area contributed by atoms with Crippen LogP contribution < -0.4 is 10.6 Å².